The Labute approximate surface area is 112 Å². The third kappa shape index (κ3) is 6.14. The van der Waals surface area contributed by atoms with Crippen molar-refractivity contribution in [1.29, 1.82) is 0 Å². The molecule has 1 aliphatic rings. The summed E-state index contributed by atoms with van der Waals surface area (Å²) in [7, 11) is 3.52. The summed E-state index contributed by atoms with van der Waals surface area (Å²) in [6.45, 7) is 5.97. The maximum atomic E-state index is 5.16. The second kappa shape index (κ2) is 8.86. The van der Waals surface area contributed by atoms with E-state index in [4.69, 9.17) is 9.47 Å². The molecule has 1 saturated carbocycles. The van der Waals surface area contributed by atoms with Crippen molar-refractivity contribution in [2.45, 2.75) is 63.7 Å². The molecular formula is C14H30N2O2. The van der Waals surface area contributed by atoms with Crippen molar-refractivity contribution >= 4 is 0 Å². The molecule has 2 N–H and O–H groups in total. The first-order valence-electron chi connectivity index (χ1n) is 7.15. The Balaban J connectivity index is 2.16. The number of ether oxygens (including phenoxy) is 2. The number of methoxy groups -OCH3 is 2. The molecule has 0 bridgehead atoms. The molecular weight excluding hydrogens is 228 g/mol. The molecule has 0 amide bonds. The lowest BCUT2D eigenvalue weighted by molar-refractivity contribution is 0.150. The quantitative estimate of drug-likeness (QED) is 0.693. The second-order valence-corrected chi connectivity index (χ2v) is 5.59. The normalized spacial score (nSPS) is 28.0. The third-order valence-corrected chi connectivity index (χ3v) is 3.60. The van der Waals surface area contributed by atoms with Gasteiger partial charge in [0.25, 0.3) is 0 Å². The van der Waals surface area contributed by atoms with Crippen molar-refractivity contribution in [2.75, 3.05) is 27.4 Å². The highest BCUT2D eigenvalue weighted by atomic mass is 16.5. The zero-order chi connectivity index (χ0) is 13.4. The van der Waals surface area contributed by atoms with Crippen LogP contribution in [0.1, 0.15) is 39.5 Å². The van der Waals surface area contributed by atoms with E-state index in [-0.39, 0.29) is 0 Å². The molecule has 2 atom stereocenters. The highest BCUT2D eigenvalue weighted by Crippen LogP contribution is 2.19. The molecule has 4 heteroatoms. The van der Waals surface area contributed by atoms with E-state index < -0.39 is 0 Å². The Morgan fingerprint density at radius 2 is 1.17 bits per heavy atom. The van der Waals surface area contributed by atoms with Gasteiger partial charge in [0.1, 0.15) is 0 Å². The summed E-state index contributed by atoms with van der Waals surface area (Å²) in [4.78, 5) is 0. The minimum absolute atomic E-state index is 0.455. The van der Waals surface area contributed by atoms with Crippen LogP contribution in [0.4, 0.5) is 0 Å². The molecule has 0 aromatic heterocycles. The fraction of sp³-hybridized carbons (Fsp3) is 1.00. The summed E-state index contributed by atoms with van der Waals surface area (Å²) in [5.41, 5.74) is 0. The van der Waals surface area contributed by atoms with Crippen molar-refractivity contribution < 1.29 is 9.47 Å². The molecule has 0 radical (unpaired) electrons. The first kappa shape index (κ1) is 15.9. The van der Waals surface area contributed by atoms with Gasteiger partial charge < -0.3 is 20.1 Å². The van der Waals surface area contributed by atoms with E-state index in [1.165, 1.54) is 25.7 Å². The van der Waals surface area contributed by atoms with Crippen molar-refractivity contribution in [3.8, 4) is 0 Å². The lowest BCUT2D eigenvalue weighted by atomic mass is 9.90. The molecule has 0 aliphatic heterocycles. The number of hydrogen-bond donors (Lipinski definition) is 2. The predicted molar refractivity (Wildman–Crippen MR) is 75.0 cm³/mol. The van der Waals surface area contributed by atoms with Crippen molar-refractivity contribution in [3.63, 3.8) is 0 Å². The first-order chi connectivity index (χ1) is 8.65. The molecule has 18 heavy (non-hydrogen) atoms. The van der Waals surface area contributed by atoms with E-state index in [0.29, 0.717) is 24.2 Å². The summed E-state index contributed by atoms with van der Waals surface area (Å²) < 4.78 is 10.3. The molecule has 0 aromatic carbocycles. The van der Waals surface area contributed by atoms with Crippen LogP contribution >= 0.6 is 0 Å². The van der Waals surface area contributed by atoms with E-state index in [1.807, 2.05) is 0 Å². The summed E-state index contributed by atoms with van der Waals surface area (Å²) in [6, 6.07) is 2.23. The van der Waals surface area contributed by atoms with Crippen LogP contribution in [0, 0.1) is 0 Å². The minimum atomic E-state index is 0.455. The van der Waals surface area contributed by atoms with Gasteiger partial charge in [-0.15, -0.1) is 0 Å². The molecule has 1 aliphatic carbocycles. The van der Waals surface area contributed by atoms with Crippen molar-refractivity contribution in [2.24, 2.45) is 0 Å². The fourth-order valence-electron chi connectivity index (χ4n) is 2.83. The molecule has 0 unspecified atom stereocenters. The largest absolute Gasteiger partial charge is 0.383 e. The van der Waals surface area contributed by atoms with Gasteiger partial charge in [-0.05, 0) is 39.5 Å². The standard InChI is InChI=1S/C14H30N2O2/c1-11(9-17-3)15-13-5-7-14(8-6-13)16-12(2)10-18-4/h11-16H,5-10H2,1-4H3/t11-,12-,13?,14?/m1/s1. The van der Waals surface area contributed by atoms with E-state index in [0.717, 1.165) is 13.2 Å². The first-order valence-corrected chi connectivity index (χ1v) is 7.15. The van der Waals surface area contributed by atoms with E-state index in [2.05, 4.69) is 24.5 Å². The number of rotatable bonds is 8. The number of nitrogens with one attached hydrogen (secondary N) is 2. The van der Waals surface area contributed by atoms with E-state index in [1.54, 1.807) is 14.2 Å². The summed E-state index contributed by atoms with van der Waals surface area (Å²) in [5, 5.41) is 7.28. The molecule has 0 spiro atoms. The van der Waals surface area contributed by atoms with Crippen LogP contribution in [0.3, 0.4) is 0 Å². The zero-order valence-corrected chi connectivity index (χ0v) is 12.4. The van der Waals surface area contributed by atoms with Gasteiger partial charge in [-0.25, -0.2) is 0 Å². The van der Waals surface area contributed by atoms with Gasteiger partial charge in [0.15, 0.2) is 0 Å². The molecule has 1 rings (SSSR count). The topological polar surface area (TPSA) is 42.5 Å². The number of hydrogen-bond acceptors (Lipinski definition) is 4. The average molecular weight is 258 g/mol. The van der Waals surface area contributed by atoms with Gasteiger partial charge in [-0.3, -0.25) is 0 Å². The third-order valence-electron chi connectivity index (χ3n) is 3.60. The lowest BCUT2D eigenvalue weighted by Gasteiger charge is -2.33. The maximum absolute atomic E-state index is 5.16. The second-order valence-electron chi connectivity index (χ2n) is 5.59. The van der Waals surface area contributed by atoms with Crippen LogP contribution < -0.4 is 10.6 Å². The monoisotopic (exact) mass is 258 g/mol. The molecule has 0 aromatic rings. The van der Waals surface area contributed by atoms with Gasteiger partial charge in [0.2, 0.25) is 0 Å². The van der Waals surface area contributed by atoms with Gasteiger partial charge in [0, 0.05) is 38.4 Å². The van der Waals surface area contributed by atoms with Gasteiger partial charge >= 0.3 is 0 Å². The Hall–Kier alpha value is -0.160. The van der Waals surface area contributed by atoms with Crippen LogP contribution in [0.5, 0.6) is 0 Å². The Morgan fingerprint density at radius 1 is 0.833 bits per heavy atom. The SMILES string of the molecule is COC[C@@H](C)NC1CCC(N[C@H](C)COC)CC1. The van der Waals surface area contributed by atoms with Crippen molar-refractivity contribution in [3.05, 3.63) is 0 Å². The molecule has 0 saturated heterocycles. The molecule has 1 fully saturated rings. The van der Waals surface area contributed by atoms with Crippen LogP contribution in [0.15, 0.2) is 0 Å². The van der Waals surface area contributed by atoms with Crippen molar-refractivity contribution in [1.82, 2.24) is 10.6 Å². The Kier molecular flexibility index (Phi) is 7.82. The zero-order valence-electron chi connectivity index (χ0n) is 12.4. The smallest absolute Gasteiger partial charge is 0.0613 e. The summed E-state index contributed by atoms with van der Waals surface area (Å²) >= 11 is 0. The van der Waals surface area contributed by atoms with Gasteiger partial charge in [-0.2, -0.15) is 0 Å². The maximum Gasteiger partial charge on any atom is 0.0613 e. The average Bonchev–Trinajstić information content (AvgIpc) is 2.32. The fourth-order valence-corrected chi connectivity index (χ4v) is 2.83. The highest BCUT2D eigenvalue weighted by molar-refractivity contribution is 4.83. The lowest BCUT2D eigenvalue weighted by Crippen LogP contribution is -2.46. The Morgan fingerprint density at radius 3 is 1.44 bits per heavy atom. The van der Waals surface area contributed by atoms with Gasteiger partial charge in [0.05, 0.1) is 13.2 Å². The Bertz CT molecular complexity index is 184. The predicted octanol–water partition coefficient (Wildman–Crippen LogP) is 1.55. The van der Waals surface area contributed by atoms with E-state index in [9.17, 15) is 0 Å². The molecule has 108 valence electrons. The van der Waals surface area contributed by atoms with Crippen LogP contribution in [0.2, 0.25) is 0 Å². The van der Waals surface area contributed by atoms with Crippen LogP contribution in [-0.2, 0) is 9.47 Å². The highest BCUT2D eigenvalue weighted by Gasteiger charge is 2.22. The van der Waals surface area contributed by atoms with Gasteiger partial charge in [-0.1, -0.05) is 0 Å². The van der Waals surface area contributed by atoms with Crippen LogP contribution in [-0.4, -0.2) is 51.6 Å². The van der Waals surface area contributed by atoms with Crippen LogP contribution in [0.25, 0.3) is 0 Å². The summed E-state index contributed by atoms with van der Waals surface area (Å²) in [6.07, 6.45) is 5.02. The molecule has 4 nitrogen and oxygen atoms in total. The summed E-state index contributed by atoms with van der Waals surface area (Å²) in [5.74, 6) is 0. The minimum Gasteiger partial charge on any atom is -0.383 e. The molecule has 0 heterocycles. The van der Waals surface area contributed by atoms with E-state index >= 15 is 0 Å².